The molecule has 6 nitrogen and oxygen atoms in total. The summed E-state index contributed by atoms with van der Waals surface area (Å²) in [7, 11) is 4.83. The van der Waals surface area contributed by atoms with Gasteiger partial charge in [0.05, 0.1) is 19.4 Å². The number of carbonyl (C=O) groups is 2. The minimum atomic E-state index is -0.432. The molecule has 0 saturated carbocycles. The van der Waals surface area contributed by atoms with Crippen LogP contribution in [0.3, 0.4) is 0 Å². The molecule has 114 valence electrons. The molecule has 1 aromatic rings. The molecule has 0 spiro atoms. The van der Waals surface area contributed by atoms with E-state index in [-0.39, 0.29) is 6.03 Å². The number of methoxy groups -OCH3 is 1. The first-order valence-electron chi connectivity index (χ1n) is 6.49. The second-order valence-corrected chi connectivity index (χ2v) is 4.36. The van der Waals surface area contributed by atoms with Crippen molar-refractivity contribution >= 4 is 23.8 Å². The molecule has 0 aliphatic heterocycles. The van der Waals surface area contributed by atoms with Gasteiger partial charge in [-0.15, -0.1) is 0 Å². The highest BCUT2D eigenvalue weighted by Crippen LogP contribution is 2.24. The van der Waals surface area contributed by atoms with Gasteiger partial charge in [-0.3, -0.25) is 0 Å². The fourth-order valence-corrected chi connectivity index (χ4v) is 1.49. The molecule has 0 aromatic heterocycles. The monoisotopic (exact) mass is 292 g/mol. The molecule has 1 aromatic carbocycles. The van der Waals surface area contributed by atoms with E-state index in [1.807, 2.05) is 0 Å². The third kappa shape index (κ3) is 5.18. The van der Waals surface area contributed by atoms with Crippen LogP contribution in [-0.2, 0) is 9.53 Å². The standard InChI is InChI=1S/C15H20N2O4/c1-5-21-14(18)9-7-11-6-8-12(20-4)10-13(11)16-15(19)17(2)3/h6-10H,5H2,1-4H3,(H,16,19). The molecule has 6 heteroatoms. The van der Waals surface area contributed by atoms with Crippen LogP contribution < -0.4 is 10.1 Å². The average Bonchev–Trinajstić information content (AvgIpc) is 2.45. The lowest BCUT2D eigenvalue weighted by Gasteiger charge is -2.14. The van der Waals surface area contributed by atoms with E-state index >= 15 is 0 Å². The third-order valence-electron chi connectivity index (χ3n) is 2.59. The van der Waals surface area contributed by atoms with Crippen molar-refractivity contribution in [3.63, 3.8) is 0 Å². The lowest BCUT2D eigenvalue weighted by atomic mass is 10.1. The van der Waals surface area contributed by atoms with Gasteiger partial charge in [-0.1, -0.05) is 0 Å². The van der Waals surface area contributed by atoms with Crippen molar-refractivity contribution in [2.45, 2.75) is 6.92 Å². The predicted octanol–water partition coefficient (Wildman–Crippen LogP) is 2.37. The van der Waals surface area contributed by atoms with Gasteiger partial charge in [-0.2, -0.15) is 0 Å². The first-order valence-corrected chi connectivity index (χ1v) is 6.49. The Morgan fingerprint density at radius 1 is 1.33 bits per heavy atom. The first-order chi connectivity index (χ1) is 9.97. The number of carbonyl (C=O) groups excluding carboxylic acids is 2. The molecule has 0 unspecified atom stereocenters. The molecule has 0 fully saturated rings. The quantitative estimate of drug-likeness (QED) is 0.668. The molecular formula is C15H20N2O4. The zero-order valence-corrected chi connectivity index (χ0v) is 12.7. The average molecular weight is 292 g/mol. The first kappa shape index (κ1) is 16.6. The van der Waals surface area contributed by atoms with Crippen LogP contribution in [0.15, 0.2) is 24.3 Å². The molecule has 0 aliphatic carbocycles. The number of hydrogen-bond acceptors (Lipinski definition) is 4. The molecule has 0 atom stereocenters. The maximum absolute atomic E-state index is 11.8. The normalized spacial score (nSPS) is 10.3. The van der Waals surface area contributed by atoms with Crippen LogP contribution in [0.2, 0.25) is 0 Å². The van der Waals surface area contributed by atoms with Crippen molar-refractivity contribution in [1.29, 1.82) is 0 Å². The number of anilines is 1. The summed E-state index contributed by atoms with van der Waals surface area (Å²) in [6.45, 7) is 2.05. The Hall–Kier alpha value is -2.50. The summed E-state index contributed by atoms with van der Waals surface area (Å²) in [6, 6.07) is 4.91. The van der Waals surface area contributed by atoms with Crippen LogP contribution in [-0.4, -0.2) is 44.7 Å². The van der Waals surface area contributed by atoms with Crippen molar-refractivity contribution in [2.75, 3.05) is 33.1 Å². The zero-order valence-electron chi connectivity index (χ0n) is 12.7. The van der Waals surface area contributed by atoms with Crippen LogP contribution in [0, 0.1) is 0 Å². The fraction of sp³-hybridized carbons (Fsp3) is 0.333. The molecule has 0 saturated heterocycles. The summed E-state index contributed by atoms with van der Waals surface area (Å²) in [5.41, 5.74) is 1.23. The molecule has 0 bridgehead atoms. The minimum Gasteiger partial charge on any atom is -0.497 e. The van der Waals surface area contributed by atoms with Crippen molar-refractivity contribution < 1.29 is 19.1 Å². The van der Waals surface area contributed by atoms with Gasteiger partial charge in [0.2, 0.25) is 0 Å². The molecule has 2 amide bonds. The van der Waals surface area contributed by atoms with E-state index in [1.165, 1.54) is 11.0 Å². The number of hydrogen-bond donors (Lipinski definition) is 1. The maximum atomic E-state index is 11.8. The number of urea groups is 1. The van der Waals surface area contributed by atoms with E-state index in [0.717, 1.165) is 0 Å². The maximum Gasteiger partial charge on any atom is 0.330 e. The highest BCUT2D eigenvalue weighted by molar-refractivity contribution is 5.94. The molecule has 1 N–H and O–H groups in total. The van der Waals surface area contributed by atoms with Gasteiger partial charge < -0.3 is 19.7 Å². The summed E-state index contributed by atoms with van der Waals surface area (Å²) in [4.78, 5) is 24.5. The summed E-state index contributed by atoms with van der Waals surface area (Å²) < 4.78 is 9.96. The number of nitrogens with zero attached hydrogens (tertiary/aromatic N) is 1. The number of nitrogens with one attached hydrogen (secondary N) is 1. The van der Waals surface area contributed by atoms with E-state index in [9.17, 15) is 9.59 Å². The SMILES string of the molecule is CCOC(=O)C=Cc1ccc(OC)cc1NC(=O)N(C)C. The van der Waals surface area contributed by atoms with Crippen molar-refractivity contribution in [3.05, 3.63) is 29.8 Å². The van der Waals surface area contributed by atoms with E-state index in [1.54, 1.807) is 52.4 Å². The van der Waals surface area contributed by atoms with E-state index in [4.69, 9.17) is 9.47 Å². The third-order valence-corrected chi connectivity index (χ3v) is 2.59. The molecule has 0 radical (unpaired) electrons. The Bertz CT molecular complexity index is 538. The number of benzene rings is 1. The Balaban J connectivity index is 3.01. The fourth-order valence-electron chi connectivity index (χ4n) is 1.49. The van der Waals surface area contributed by atoms with Crippen molar-refractivity contribution in [1.82, 2.24) is 4.90 Å². The lowest BCUT2D eigenvalue weighted by Crippen LogP contribution is -2.27. The highest BCUT2D eigenvalue weighted by atomic mass is 16.5. The summed E-state index contributed by atoms with van der Waals surface area (Å²) in [6.07, 6.45) is 2.90. The van der Waals surface area contributed by atoms with Gasteiger partial charge in [0.25, 0.3) is 0 Å². The number of ether oxygens (including phenoxy) is 2. The van der Waals surface area contributed by atoms with Gasteiger partial charge in [-0.05, 0) is 30.7 Å². The molecule has 1 rings (SSSR count). The molecule has 21 heavy (non-hydrogen) atoms. The Morgan fingerprint density at radius 2 is 2.05 bits per heavy atom. The minimum absolute atomic E-state index is 0.269. The van der Waals surface area contributed by atoms with E-state index in [0.29, 0.717) is 23.6 Å². The van der Waals surface area contributed by atoms with Gasteiger partial charge in [-0.25, -0.2) is 9.59 Å². The van der Waals surface area contributed by atoms with Crippen LogP contribution >= 0.6 is 0 Å². The zero-order chi connectivity index (χ0) is 15.8. The van der Waals surface area contributed by atoms with Gasteiger partial charge in [0, 0.05) is 26.2 Å². The van der Waals surface area contributed by atoms with Crippen LogP contribution in [0.25, 0.3) is 6.08 Å². The molecular weight excluding hydrogens is 272 g/mol. The van der Waals surface area contributed by atoms with Gasteiger partial charge in [0.15, 0.2) is 0 Å². The van der Waals surface area contributed by atoms with Crippen LogP contribution in [0.5, 0.6) is 5.75 Å². The summed E-state index contributed by atoms with van der Waals surface area (Å²) >= 11 is 0. The van der Waals surface area contributed by atoms with Gasteiger partial charge >= 0.3 is 12.0 Å². The van der Waals surface area contributed by atoms with Crippen molar-refractivity contribution in [3.8, 4) is 5.75 Å². The van der Waals surface area contributed by atoms with Crippen molar-refractivity contribution in [2.24, 2.45) is 0 Å². The van der Waals surface area contributed by atoms with E-state index in [2.05, 4.69) is 5.32 Å². The summed E-state index contributed by atoms with van der Waals surface area (Å²) in [5, 5.41) is 2.74. The second kappa shape index (κ2) is 7.94. The number of rotatable bonds is 5. The lowest BCUT2D eigenvalue weighted by molar-refractivity contribution is -0.137. The molecule has 0 heterocycles. The topological polar surface area (TPSA) is 67.9 Å². The number of esters is 1. The van der Waals surface area contributed by atoms with Gasteiger partial charge in [0.1, 0.15) is 5.75 Å². The van der Waals surface area contributed by atoms with Crippen LogP contribution in [0.4, 0.5) is 10.5 Å². The summed E-state index contributed by atoms with van der Waals surface area (Å²) in [5.74, 6) is 0.176. The van der Waals surface area contributed by atoms with Crippen LogP contribution in [0.1, 0.15) is 12.5 Å². The highest BCUT2D eigenvalue weighted by Gasteiger charge is 2.08. The largest absolute Gasteiger partial charge is 0.497 e. The Kier molecular flexibility index (Phi) is 6.26. The Morgan fingerprint density at radius 3 is 2.62 bits per heavy atom. The van der Waals surface area contributed by atoms with E-state index < -0.39 is 5.97 Å². The molecule has 0 aliphatic rings. The smallest absolute Gasteiger partial charge is 0.330 e. The predicted molar refractivity (Wildman–Crippen MR) is 81.4 cm³/mol. The number of amides is 2. The Labute approximate surface area is 124 Å². The second-order valence-electron chi connectivity index (χ2n) is 4.36.